The van der Waals surface area contributed by atoms with E-state index in [1.165, 1.54) is 14.2 Å². The number of amides is 1. The lowest BCUT2D eigenvalue weighted by Crippen LogP contribution is -2.26. The number of carbonyl (C=O) groups excluding carboxylic acids is 1. The highest BCUT2D eigenvalue weighted by Gasteiger charge is 2.15. The van der Waals surface area contributed by atoms with Gasteiger partial charge in [-0.05, 0) is 18.6 Å². The highest BCUT2D eigenvalue weighted by molar-refractivity contribution is 5.76. The standard InChI is InChI=1S/C15H21NO6/c1-21-10-3-4-11(13(9-10)22-2)12(17)5-6-14(18)16-8-7-15(19)20/h3-4,9,12,17H,5-8H2,1-2H3,(H,16,18)(H,19,20). The maximum Gasteiger partial charge on any atom is 0.305 e. The first-order valence-corrected chi connectivity index (χ1v) is 6.86. The fourth-order valence-corrected chi connectivity index (χ4v) is 1.91. The third-order valence-corrected chi connectivity index (χ3v) is 3.11. The molecule has 3 N–H and O–H groups in total. The highest BCUT2D eigenvalue weighted by Crippen LogP contribution is 2.31. The molecule has 1 aromatic rings. The summed E-state index contributed by atoms with van der Waals surface area (Å²) in [5, 5.41) is 21.1. The van der Waals surface area contributed by atoms with Crippen molar-refractivity contribution < 1.29 is 29.3 Å². The SMILES string of the molecule is COc1ccc(C(O)CCC(=O)NCCC(=O)O)c(OC)c1. The average Bonchev–Trinajstić information content (AvgIpc) is 2.51. The molecule has 0 radical (unpaired) electrons. The van der Waals surface area contributed by atoms with Crippen LogP contribution in [0.4, 0.5) is 0 Å². The van der Waals surface area contributed by atoms with Crippen LogP contribution in [0.25, 0.3) is 0 Å². The predicted octanol–water partition coefficient (Wildman–Crippen LogP) is 1.11. The number of nitrogens with one attached hydrogen (secondary N) is 1. The normalized spacial score (nSPS) is 11.6. The fraction of sp³-hybridized carbons (Fsp3) is 0.467. The number of ether oxygens (including phenoxy) is 2. The molecular formula is C15H21NO6. The Hall–Kier alpha value is -2.28. The molecule has 1 atom stereocenters. The van der Waals surface area contributed by atoms with Crippen molar-refractivity contribution in [2.24, 2.45) is 0 Å². The molecule has 0 aromatic heterocycles. The van der Waals surface area contributed by atoms with Crippen molar-refractivity contribution in [3.05, 3.63) is 23.8 Å². The predicted molar refractivity (Wildman–Crippen MR) is 79.0 cm³/mol. The van der Waals surface area contributed by atoms with Crippen molar-refractivity contribution >= 4 is 11.9 Å². The lowest BCUT2D eigenvalue weighted by atomic mass is 10.0. The van der Waals surface area contributed by atoms with Gasteiger partial charge in [0.1, 0.15) is 11.5 Å². The summed E-state index contributed by atoms with van der Waals surface area (Å²) in [4.78, 5) is 21.9. The minimum atomic E-state index is -0.969. The first-order chi connectivity index (χ1) is 10.5. The molecule has 0 aliphatic carbocycles. The number of carboxylic acids is 1. The molecule has 1 rings (SSSR count). The van der Waals surface area contributed by atoms with Crippen LogP contribution < -0.4 is 14.8 Å². The zero-order valence-corrected chi connectivity index (χ0v) is 12.7. The number of benzene rings is 1. The van der Waals surface area contributed by atoms with Gasteiger partial charge in [-0.2, -0.15) is 0 Å². The minimum absolute atomic E-state index is 0.0795. The van der Waals surface area contributed by atoms with E-state index in [9.17, 15) is 14.7 Å². The number of carbonyl (C=O) groups is 2. The molecule has 0 heterocycles. The molecule has 0 saturated heterocycles. The van der Waals surface area contributed by atoms with Gasteiger partial charge in [-0.3, -0.25) is 9.59 Å². The second-order valence-corrected chi connectivity index (χ2v) is 4.66. The van der Waals surface area contributed by atoms with E-state index in [1.807, 2.05) is 0 Å². The van der Waals surface area contributed by atoms with Crippen LogP contribution in [0.5, 0.6) is 11.5 Å². The molecule has 0 spiro atoms. The van der Waals surface area contributed by atoms with Crippen molar-refractivity contribution in [1.29, 1.82) is 0 Å². The summed E-state index contributed by atoms with van der Waals surface area (Å²) < 4.78 is 10.3. The molecule has 1 aromatic carbocycles. The van der Waals surface area contributed by atoms with Crippen molar-refractivity contribution in [3.63, 3.8) is 0 Å². The Kier molecular flexibility index (Phi) is 7.18. The second-order valence-electron chi connectivity index (χ2n) is 4.66. The van der Waals surface area contributed by atoms with E-state index in [0.29, 0.717) is 17.1 Å². The maximum atomic E-state index is 11.5. The largest absolute Gasteiger partial charge is 0.497 e. The number of rotatable bonds is 9. The van der Waals surface area contributed by atoms with E-state index in [2.05, 4.69) is 5.32 Å². The number of hydrogen-bond acceptors (Lipinski definition) is 5. The molecule has 0 aliphatic rings. The number of carboxylic acid groups (broad SMARTS) is 1. The topological polar surface area (TPSA) is 105 Å². The monoisotopic (exact) mass is 311 g/mol. The van der Waals surface area contributed by atoms with Gasteiger partial charge in [0.2, 0.25) is 5.91 Å². The van der Waals surface area contributed by atoms with E-state index in [-0.39, 0.29) is 31.7 Å². The van der Waals surface area contributed by atoms with E-state index >= 15 is 0 Å². The molecular weight excluding hydrogens is 290 g/mol. The first-order valence-electron chi connectivity index (χ1n) is 6.86. The average molecular weight is 311 g/mol. The molecule has 22 heavy (non-hydrogen) atoms. The number of methoxy groups -OCH3 is 2. The molecule has 1 amide bonds. The summed E-state index contributed by atoms with van der Waals surface area (Å²) in [7, 11) is 3.02. The third kappa shape index (κ3) is 5.61. The van der Waals surface area contributed by atoms with Crippen molar-refractivity contribution in [1.82, 2.24) is 5.32 Å². The zero-order valence-electron chi connectivity index (χ0n) is 12.7. The van der Waals surface area contributed by atoms with Crippen LogP contribution in [0, 0.1) is 0 Å². The quantitative estimate of drug-likeness (QED) is 0.631. The minimum Gasteiger partial charge on any atom is -0.497 e. The summed E-state index contributed by atoms with van der Waals surface area (Å²) in [6.07, 6.45) is -0.677. The molecule has 0 bridgehead atoms. The van der Waals surface area contributed by atoms with Gasteiger partial charge in [0.05, 0.1) is 26.7 Å². The fourth-order valence-electron chi connectivity index (χ4n) is 1.91. The summed E-state index contributed by atoms with van der Waals surface area (Å²) in [5.41, 5.74) is 0.571. The molecule has 122 valence electrons. The van der Waals surface area contributed by atoms with Crippen molar-refractivity contribution in [2.75, 3.05) is 20.8 Å². The van der Waals surface area contributed by atoms with Crippen LogP contribution in [0.1, 0.15) is 30.9 Å². The Balaban J connectivity index is 2.53. The van der Waals surface area contributed by atoms with E-state index in [1.54, 1.807) is 18.2 Å². The lowest BCUT2D eigenvalue weighted by molar-refractivity contribution is -0.136. The van der Waals surface area contributed by atoms with Crippen LogP contribution in [0.15, 0.2) is 18.2 Å². The summed E-state index contributed by atoms with van der Waals surface area (Å²) in [6.45, 7) is 0.0795. The van der Waals surface area contributed by atoms with Gasteiger partial charge in [-0.25, -0.2) is 0 Å². The second kappa shape index (κ2) is 8.89. The Morgan fingerprint density at radius 2 is 1.95 bits per heavy atom. The molecule has 0 saturated carbocycles. The van der Waals surface area contributed by atoms with Gasteiger partial charge in [-0.1, -0.05) is 0 Å². The van der Waals surface area contributed by atoms with Crippen molar-refractivity contribution in [2.45, 2.75) is 25.4 Å². The summed E-state index contributed by atoms with van der Waals surface area (Å²) in [5.74, 6) is -0.173. The molecule has 0 fully saturated rings. The number of aliphatic hydroxyl groups is 1. The maximum absolute atomic E-state index is 11.5. The van der Waals surface area contributed by atoms with Gasteiger partial charge in [0, 0.05) is 24.6 Å². The molecule has 7 nitrogen and oxygen atoms in total. The smallest absolute Gasteiger partial charge is 0.305 e. The summed E-state index contributed by atoms with van der Waals surface area (Å²) >= 11 is 0. The first kappa shape index (κ1) is 17.8. The molecule has 7 heteroatoms. The van der Waals surface area contributed by atoms with Gasteiger partial charge in [0.15, 0.2) is 0 Å². The highest BCUT2D eigenvalue weighted by atomic mass is 16.5. The van der Waals surface area contributed by atoms with E-state index in [0.717, 1.165) is 0 Å². The summed E-state index contributed by atoms with van der Waals surface area (Å²) in [6, 6.07) is 5.05. The van der Waals surface area contributed by atoms with Crippen LogP contribution in [-0.2, 0) is 9.59 Å². The third-order valence-electron chi connectivity index (χ3n) is 3.11. The number of aliphatic carboxylic acids is 1. The Bertz CT molecular complexity index is 517. The van der Waals surface area contributed by atoms with Gasteiger partial charge in [0.25, 0.3) is 0 Å². The van der Waals surface area contributed by atoms with Crippen LogP contribution >= 0.6 is 0 Å². The Morgan fingerprint density at radius 3 is 2.55 bits per heavy atom. The number of aliphatic hydroxyl groups excluding tert-OH is 1. The van der Waals surface area contributed by atoms with E-state index in [4.69, 9.17) is 14.6 Å². The zero-order chi connectivity index (χ0) is 16.5. The van der Waals surface area contributed by atoms with Gasteiger partial charge < -0.3 is 25.0 Å². The Labute approximate surface area is 128 Å². The van der Waals surface area contributed by atoms with Gasteiger partial charge in [-0.15, -0.1) is 0 Å². The molecule has 0 aliphatic heterocycles. The number of hydrogen-bond donors (Lipinski definition) is 3. The van der Waals surface area contributed by atoms with Gasteiger partial charge >= 0.3 is 5.97 Å². The van der Waals surface area contributed by atoms with Crippen LogP contribution in [0.3, 0.4) is 0 Å². The van der Waals surface area contributed by atoms with E-state index < -0.39 is 12.1 Å². The van der Waals surface area contributed by atoms with Crippen molar-refractivity contribution in [3.8, 4) is 11.5 Å². The van der Waals surface area contributed by atoms with Crippen LogP contribution in [0.2, 0.25) is 0 Å². The molecule has 1 unspecified atom stereocenters. The Morgan fingerprint density at radius 1 is 1.23 bits per heavy atom. The van der Waals surface area contributed by atoms with Crippen LogP contribution in [-0.4, -0.2) is 42.9 Å². The lowest BCUT2D eigenvalue weighted by Gasteiger charge is -2.15.